The van der Waals surface area contributed by atoms with Gasteiger partial charge < -0.3 is 18.8 Å². The zero-order chi connectivity index (χ0) is 20.7. The predicted molar refractivity (Wildman–Crippen MR) is 99.9 cm³/mol. The lowest BCUT2D eigenvalue weighted by molar-refractivity contribution is 0.0465. The standard InChI is InChI=1S/C20H21NO7/c1-4-26-18(23)14-12-21(13-10-8-7-9-11-13)16(20(25)28-6-3)15(17(14)22)19(24)27-5-2/h7-12H,4-6H2,1-3H3. The molecule has 0 spiro atoms. The van der Waals surface area contributed by atoms with Gasteiger partial charge in [-0.2, -0.15) is 0 Å². The molecular formula is C20H21NO7. The van der Waals surface area contributed by atoms with Crippen LogP contribution in [0.4, 0.5) is 0 Å². The number of hydrogen-bond donors (Lipinski definition) is 0. The fourth-order valence-corrected chi connectivity index (χ4v) is 2.55. The first-order valence-corrected chi connectivity index (χ1v) is 8.82. The van der Waals surface area contributed by atoms with E-state index in [0.717, 1.165) is 0 Å². The molecule has 0 fully saturated rings. The summed E-state index contributed by atoms with van der Waals surface area (Å²) in [6, 6.07) is 8.47. The van der Waals surface area contributed by atoms with E-state index in [2.05, 4.69) is 0 Å². The van der Waals surface area contributed by atoms with Gasteiger partial charge in [-0.25, -0.2) is 14.4 Å². The summed E-state index contributed by atoms with van der Waals surface area (Å²) in [4.78, 5) is 50.3. The summed E-state index contributed by atoms with van der Waals surface area (Å²) in [6.45, 7) is 4.80. The highest BCUT2D eigenvalue weighted by Gasteiger charge is 2.31. The first kappa shape index (κ1) is 20.9. The monoisotopic (exact) mass is 387 g/mol. The van der Waals surface area contributed by atoms with Crippen LogP contribution in [0.3, 0.4) is 0 Å². The molecule has 0 saturated heterocycles. The molecule has 0 radical (unpaired) electrons. The molecule has 0 aliphatic rings. The average molecular weight is 387 g/mol. The quantitative estimate of drug-likeness (QED) is 0.531. The highest BCUT2D eigenvalue weighted by Crippen LogP contribution is 2.18. The summed E-state index contributed by atoms with van der Waals surface area (Å²) in [7, 11) is 0. The van der Waals surface area contributed by atoms with Crippen molar-refractivity contribution in [2.24, 2.45) is 0 Å². The van der Waals surface area contributed by atoms with Gasteiger partial charge in [-0.15, -0.1) is 0 Å². The highest BCUT2D eigenvalue weighted by atomic mass is 16.5. The third-order valence-electron chi connectivity index (χ3n) is 3.69. The van der Waals surface area contributed by atoms with Crippen LogP contribution in [0.2, 0.25) is 0 Å². The fourth-order valence-electron chi connectivity index (χ4n) is 2.55. The van der Waals surface area contributed by atoms with Gasteiger partial charge in [0.15, 0.2) is 5.69 Å². The van der Waals surface area contributed by atoms with E-state index in [1.807, 2.05) is 0 Å². The maximum Gasteiger partial charge on any atom is 0.356 e. The van der Waals surface area contributed by atoms with Crippen LogP contribution < -0.4 is 5.43 Å². The number of nitrogens with zero attached hydrogens (tertiary/aromatic N) is 1. The zero-order valence-electron chi connectivity index (χ0n) is 15.9. The first-order valence-electron chi connectivity index (χ1n) is 8.82. The number of pyridine rings is 1. The van der Waals surface area contributed by atoms with E-state index in [4.69, 9.17) is 14.2 Å². The smallest absolute Gasteiger partial charge is 0.356 e. The molecule has 28 heavy (non-hydrogen) atoms. The third-order valence-corrected chi connectivity index (χ3v) is 3.69. The Bertz CT molecular complexity index is 932. The highest BCUT2D eigenvalue weighted by molar-refractivity contribution is 6.04. The van der Waals surface area contributed by atoms with Crippen molar-refractivity contribution in [3.63, 3.8) is 0 Å². The summed E-state index contributed by atoms with van der Waals surface area (Å²) in [5.41, 5.74) is -1.78. The van der Waals surface area contributed by atoms with E-state index in [-0.39, 0.29) is 31.1 Å². The van der Waals surface area contributed by atoms with E-state index >= 15 is 0 Å². The number of esters is 3. The zero-order valence-corrected chi connectivity index (χ0v) is 15.9. The Hall–Kier alpha value is -3.42. The number of hydrogen-bond acceptors (Lipinski definition) is 7. The van der Waals surface area contributed by atoms with Crippen molar-refractivity contribution in [2.45, 2.75) is 20.8 Å². The van der Waals surface area contributed by atoms with Gasteiger partial charge in [0.05, 0.1) is 19.8 Å². The van der Waals surface area contributed by atoms with Crippen LogP contribution in [0.15, 0.2) is 41.3 Å². The minimum absolute atomic E-state index is 0.0183. The molecule has 148 valence electrons. The number of benzene rings is 1. The van der Waals surface area contributed by atoms with Crippen molar-refractivity contribution in [1.82, 2.24) is 4.57 Å². The van der Waals surface area contributed by atoms with E-state index in [9.17, 15) is 19.2 Å². The summed E-state index contributed by atoms with van der Waals surface area (Å²) >= 11 is 0. The van der Waals surface area contributed by atoms with Crippen LogP contribution >= 0.6 is 0 Å². The van der Waals surface area contributed by atoms with E-state index in [1.165, 1.54) is 10.8 Å². The first-order chi connectivity index (χ1) is 13.5. The molecule has 0 atom stereocenters. The van der Waals surface area contributed by atoms with Crippen molar-refractivity contribution >= 4 is 17.9 Å². The molecule has 2 rings (SSSR count). The van der Waals surface area contributed by atoms with Gasteiger partial charge in [0.2, 0.25) is 5.43 Å². The van der Waals surface area contributed by atoms with Crippen molar-refractivity contribution in [1.29, 1.82) is 0 Å². The van der Waals surface area contributed by atoms with Crippen molar-refractivity contribution in [3.05, 3.63) is 63.6 Å². The average Bonchev–Trinajstić information content (AvgIpc) is 2.68. The molecule has 1 aromatic heterocycles. The summed E-state index contributed by atoms with van der Waals surface area (Å²) < 4.78 is 16.2. The topological polar surface area (TPSA) is 101 Å². The maximum absolute atomic E-state index is 12.9. The maximum atomic E-state index is 12.9. The molecular weight excluding hydrogens is 366 g/mol. The Morgan fingerprint density at radius 3 is 1.93 bits per heavy atom. The Kier molecular flexibility index (Phi) is 7.08. The van der Waals surface area contributed by atoms with Crippen molar-refractivity contribution in [3.8, 4) is 5.69 Å². The largest absolute Gasteiger partial charge is 0.462 e. The van der Waals surface area contributed by atoms with Crippen LogP contribution in [0.1, 0.15) is 52.0 Å². The van der Waals surface area contributed by atoms with Crippen molar-refractivity contribution in [2.75, 3.05) is 19.8 Å². The van der Waals surface area contributed by atoms with E-state index in [1.54, 1.807) is 51.1 Å². The fraction of sp³-hybridized carbons (Fsp3) is 0.300. The lowest BCUT2D eigenvalue weighted by Gasteiger charge is -2.17. The minimum Gasteiger partial charge on any atom is -0.462 e. The molecule has 0 saturated carbocycles. The van der Waals surface area contributed by atoms with Crippen LogP contribution in [0, 0.1) is 0 Å². The number of ether oxygens (including phenoxy) is 3. The molecule has 8 heteroatoms. The Morgan fingerprint density at radius 1 is 0.821 bits per heavy atom. The van der Waals surface area contributed by atoms with Crippen LogP contribution in [-0.2, 0) is 14.2 Å². The lowest BCUT2D eigenvalue weighted by atomic mass is 10.1. The molecule has 8 nitrogen and oxygen atoms in total. The molecule has 0 N–H and O–H groups in total. The van der Waals surface area contributed by atoms with Gasteiger partial charge in [0, 0.05) is 11.9 Å². The Morgan fingerprint density at radius 2 is 1.36 bits per heavy atom. The van der Waals surface area contributed by atoms with Crippen LogP contribution in [0.5, 0.6) is 0 Å². The molecule has 0 aliphatic carbocycles. The summed E-state index contributed by atoms with van der Waals surface area (Å²) in [6.07, 6.45) is 1.17. The van der Waals surface area contributed by atoms with Gasteiger partial charge in [-0.1, -0.05) is 18.2 Å². The van der Waals surface area contributed by atoms with E-state index < -0.39 is 28.9 Å². The molecule has 0 amide bonds. The number of para-hydroxylation sites is 1. The SMILES string of the molecule is CCOC(=O)c1cn(-c2ccccc2)c(C(=O)OCC)c(C(=O)OCC)c1=O. The molecule has 1 heterocycles. The summed E-state index contributed by atoms with van der Waals surface area (Å²) in [5, 5.41) is 0. The van der Waals surface area contributed by atoms with Crippen molar-refractivity contribution < 1.29 is 28.6 Å². The minimum atomic E-state index is -1.02. The second-order valence-corrected chi connectivity index (χ2v) is 5.46. The third kappa shape index (κ3) is 4.28. The van der Waals surface area contributed by atoms with Gasteiger partial charge in [0.1, 0.15) is 11.1 Å². The normalized spacial score (nSPS) is 10.2. The number of carbonyl (C=O) groups is 3. The van der Waals surface area contributed by atoms with Crippen LogP contribution in [0.25, 0.3) is 5.69 Å². The number of rotatable bonds is 7. The Balaban J connectivity index is 2.90. The predicted octanol–water partition coefficient (Wildman–Crippen LogP) is 2.37. The van der Waals surface area contributed by atoms with Gasteiger partial charge >= 0.3 is 17.9 Å². The van der Waals surface area contributed by atoms with E-state index in [0.29, 0.717) is 5.69 Å². The molecule has 0 bridgehead atoms. The molecule has 1 aromatic carbocycles. The Labute approximate surface area is 161 Å². The summed E-state index contributed by atoms with van der Waals surface area (Å²) in [5.74, 6) is -2.81. The lowest BCUT2D eigenvalue weighted by Crippen LogP contribution is -2.32. The molecule has 0 unspecified atom stereocenters. The van der Waals surface area contributed by atoms with Crippen LogP contribution in [-0.4, -0.2) is 42.3 Å². The number of aromatic nitrogens is 1. The van der Waals surface area contributed by atoms with Gasteiger partial charge in [-0.3, -0.25) is 4.79 Å². The second-order valence-electron chi connectivity index (χ2n) is 5.46. The van der Waals surface area contributed by atoms with Gasteiger partial charge in [-0.05, 0) is 32.9 Å². The molecule has 2 aromatic rings. The molecule has 0 aliphatic heterocycles. The number of carbonyl (C=O) groups excluding carboxylic acids is 3. The van der Waals surface area contributed by atoms with Gasteiger partial charge in [0.25, 0.3) is 0 Å². The second kappa shape index (κ2) is 9.50.